The van der Waals surface area contributed by atoms with Crippen molar-refractivity contribution in [2.45, 2.75) is 18.9 Å². The van der Waals surface area contributed by atoms with Crippen LogP contribution in [0.15, 0.2) is 65.8 Å². The Balaban J connectivity index is 1.33. The molecular weight excluding hydrogens is 394 g/mol. The van der Waals surface area contributed by atoms with E-state index in [9.17, 15) is 4.79 Å². The summed E-state index contributed by atoms with van der Waals surface area (Å²) in [6, 6.07) is 10.9. The highest BCUT2D eigenvalue weighted by Gasteiger charge is 2.16. The molecule has 2 N–H and O–H groups in total. The van der Waals surface area contributed by atoms with Crippen LogP contribution in [0.25, 0.3) is 22.2 Å². The molecule has 8 heteroatoms. The van der Waals surface area contributed by atoms with E-state index in [2.05, 4.69) is 25.6 Å². The highest BCUT2D eigenvalue weighted by molar-refractivity contribution is 6.04. The minimum Gasteiger partial charge on any atom is -0.490 e. The van der Waals surface area contributed by atoms with E-state index in [1.54, 1.807) is 36.8 Å². The van der Waals surface area contributed by atoms with Gasteiger partial charge in [0, 0.05) is 22.7 Å². The minimum absolute atomic E-state index is 0.174. The molecule has 0 radical (unpaired) electrons. The molecule has 31 heavy (non-hydrogen) atoms. The van der Waals surface area contributed by atoms with Crippen molar-refractivity contribution >= 4 is 22.6 Å². The highest BCUT2D eigenvalue weighted by atomic mass is 16.5. The molecule has 3 aromatic heterocycles. The third-order valence-electron chi connectivity index (χ3n) is 5.21. The second-order valence-corrected chi connectivity index (χ2v) is 7.40. The van der Waals surface area contributed by atoms with E-state index in [1.165, 1.54) is 6.39 Å². The van der Waals surface area contributed by atoms with Gasteiger partial charge in [-0.3, -0.25) is 9.78 Å². The van der Waals surface area contributed by atoms with Crippen molar-refractivity contribution in [2.24, 2.45) is 0 Å². The van der Waals surface area contributed by atoms with Crippen LogP contribution < -0.4 is 15.4 Å². The first-order valence-corrected chi connectivity index (χ1v) is 10.2. The first-order chi connectivity index (χ1) is 15.2. The summed E-state index contributed by atoms with van der Waals surface area (Å²) in [4.78, 5) is 25.4. The molecule has 8 nitrogen and oxygen atoms in total. The van der Waals surface area contributed by atoms with Crippen molar-refractivity contribution in [3.63, 3.8) is 0 Å². The third-order valence-corrected chi connectivity index (χ3v) is 5.21. The first kappa shape index (κ1) is 19.2. The third kappa shape index (κ3) is 4.39. The number of nitrogens with zero attached hydrogens (tertiary/aromatic N) is 3. The average Bonchev–Trinajstić information content (AvgIpc) is 3.34. The van der Waals surface area contributed by atoms with Crippen LogP contribution in [0.4, 0.5) is 5.82 Å². The van der Waals surface area contributed by atoms with Gasteiger partial charge in [-0.1, -0.05) is 6.07 Å². The quantitative estimate of drug-likeness (QED) is 0.513. The number of benzene rings is 1. The molecule has 1 aromatic carbocycles. The summed E-state index contributed by atoms with van der Waals surface area (Å²) < 4.78 is 11.4. The number of pyridine rings is 2. The van der Waals surface area contributed by atoms with E-state index >= 15 is 0 Å². The van der Waals surface area contributed by atoms with E-state index in [1.807, 2.05) is 18.2 Å². The lowest BCUT2D eigenvalue weighted by atomic mass is 10.1. The van der Waals surface area contributed by atoms with Gasteiger partial charge in [0.25, 0.3) is 5.91 Å². The normalized spacial score (nSPS) is 14.5. The molecule has 1 aliphatic rings. The Morgan fingerprint density at radius 2 is 2.00 bits per heavy atom. The molecule has 156 valence electrons. The average molecular weight is 415 g/mol. The molecule has 0 spiro atoms. The van der Waals surface area contributed by atoms with Crippen LogP contribution in [0.3, 0.4) is 0 Å². The second kappa shape index (κ2) is 8.53. The van der Waals surface area contributed by atoms with Crippen LogP contribution in [0.5, 0.6) is 5.75 Å². The maximum absolute atomic E-state index is 12.8. The molecule has 0 unspecified atom stereocenters. The Kier molecular flexibility index (Phi) is 5.28. The van der Waals surface area contributed by atoms with Gasteiger partial charge in [-0.05, 0) is 56.3 Å². The van der Waals surface area contributed by atoms with Crippen LogP contribution in [0, 0.1) is 0 Å². The number of hydrogen-bond donors (Lipinski definition) is 2. The number of rotatable bonds is 5. The van der Waals surface area contributed by atoms with E-state index in [0.717, 1.165) is 42.4 Å². The Bertz CT molecular complexity index is 1200. The zero-order valence-electron chi connectivity index (χ0n) is 16.7. The van der Waals surface area contributed by atoms with E-state index < -0.39 is 0 Å². The lowest BCUT2D eigenvalue weighted by Gasteiger charge is -2.24. The van der Waals surface area contributed by atoms with Gasteiger partial charge in [0.1, 0.15) is 17.7 Å². The highest BCUT2D eigenvalue weighted by Crippen LogP contribution is 2.24. The number of hydrogen-bond acceptors (Lipinski definition) is 7. The van der Waals surface area contributed by atoms with Crippen molar-refractivity contribution in [3.8, 4) is 17.1 Å². The van der Waals surface area contributed by atoms with E-state index in [0.29, 0.717) is 22.9 Å². The van der Waals surface area contributed by atoms with Crippen molar-refractivity contribution in [3.05, 3.63) is 66.9 Å². The fourth-order valence-electron chi connectivity index (χ4n) is 3.60. The van der Waals surface area contributed by atoms with Crippen LogP contribution in [0.2, 0.25) is 0 Å². The van der Waals surface area contributed by atoms with Gasteiger partial charge in [-0.25, -0.2) is 9.97 Å². The molecule has 4 heterocycles. The molecule has 0 aliphatic carbocycles. The van der Waals surface area contributed by atoms with Gasteiger partial charge in [0.15, 0.2) is 12.2 Å². The summed E-state index contributed by atoms with van der Waals surface area (Å²) in [5.74, 6) is 1.52. The van der Waals surface area contributed by atoms with Crippen LogP contribution in [-0.2, 0) is 0 Å². The summed E-state index contributed by atoms with van der Waals surface area (Å²) in [6.07, 6.45) is 8.44. The minimum atomic E-state index is -0.248. The van der Waals surface area contributed by atoms with Crippen molar-refractivity contribution in [2.75, 3.05) is 18.4 Å². The number of fused-ring (bicyclic) bond motifs is 1. The van der Waals surface area contributed by atoms with Crippen molar-refractivity contribution in [1.82, 2.24) is 20.3 Å². The number of aromatic nitrogens is 3. The fraction of sp³-hybridized carbons (Fsp3) is 0.217. The molecule has 1 saturated heterocycles. The molecule has 5 rings (SSSR count). The molecule has 0 saturated carbocycles. The number of piperidine rings is 1. The lowest BCUT2D eigenvalue weighted by Crippen LogP contribution is -2.34. The van der Waals surface area contributed by atoms with Crippen LogP contribution >= 0.6 is 0 Å². The number of amides is 1. The summed E-state index contributed by atoms with van der Waals surface area (Å²) in [7, 11) is 0. The lowest BCUT2D eigenvalue weighted by molar-refractivity contribution is 0.102. The molecule has 1 fully saturated rings. The number of carbonyl (C=O) groups is 1. The number of nitrogens with one attached hydrogen (secondary N) is 2. The van der Waals surface area contributed by atoms with Crippen molar-refractivity contribution < 1.29 is 13.9 Å². The summed E-state index contributed by atoms with van der Waals surface area (Å²) >= 11 is 0. The van der Waals surface area contributed by atoms with Gasteiger partial charge >= 0.3 is 0 Å². The smallest absolute Gasteiger partial charge is 0.256 e. The zero-order chi connectivity index (χ0) is 21.0. The van der Waals surface area contributed by atoms with E-state index in [4.69, 9.17) is 9.15 Å². The van der Waals surface area contributed by atoms with Gasteiger partial charge in [0.05, 0.1) is 17.9 Å². The number of carbonyl (C=O) groups excluding carboxylic acids is 1. The maximum Gasteiger partial charge on any atom is 0.256 e. The van der Waals surface area contributed by atoms with Crippen molar-refractivity contribution in [1.29, 1.82) is 0 Å². The van der Waals surface area contributed by atoms with Crippen LogP contribution in [-0.4, -0.2) is 40.1 Å². The molecule has 4 aromatic rings. The predicted octanol–water partition coefficient (Wildman–Crippen LogP) is 3.67. The molecule has 0 bridgehead atoms. The first-order valence-electron chi connectivity index (χ1n) is 10.2. The molecular formula is C23H21N5O3. The SMILES string of the molecule is O=C(Nc1cc2cc(-c3cnco3)cnc2cn1)c1cccc(OC2CCNCC2)c1. The molecule has 1 amide bonds. The standard InChI is InChI=1S/C23H21N5O3/c29-23(15-2-1-3-19(9-15)31-18-4-6-24-7-5-18)28-22-10-16-8-17(21-13-25-14-30-21)11-26-20(16)12-27-22/h1-3,8-14,18,24H,4-7H2,(H,27,28,29). The topological polar surface area (TPSA) is 102 Å². The number of anilines is 1. The summed E-state index contributed by atoms with van der Waals surface area (Å²) in [5, 5.41) is 7.01. The van der Waals surface area contributed by atoms with E-state index in [-0.39, 0.29) is 12.0 Å². The Morgan fingerprint density at radius 1 is 1.10 bits per heavy atom. The Morgan fingerprint density at radius 3 is 2.84 bits per heavy atom. The Hall–Kier alpha value is -3.78. The van der Waals surface area contributed by atoms with Gasteiger partial charge in [-0.15, -0.1) is 0 Å². The molecule has 1 aliphatic heterocycles. The molecule has 0 atom stereocenters. The Labute approximate surface area is 178 Å². The zero-order valence-corrected chi connectivity index (χ0v) is 16.7. The van der Waals surface area contributed by atoms with Gasteiger partial charge < -0.3 is 19.8 Å². The van der Waals surface area contributed by atoms with Gasteiger partial charge in [0.2, 0.25) is 0 Å². The number of oxazole rings is 1. The monoisotopic (exact) mass is 415 g/mol. The number of ether oxygens (including phenoxy) is 1. The largest absolute Gasteiger partial charge is 0.490 e. The van der Waals surface area contributed by atoms with Gasteiger partial charge in [-0.2, -0.15) is 0 Å². The fourth-order valence-corrected chi connectivity index (χ4v) is 3.60. The summed E-state index contributed by atoms with van der Waals surface area (Å²) in [6.45, 7) is 1.90. The summed E-state index contributed by atoms with van der Waals surface area (Å²) in [5.41, 5.74) is 2.04. The maximum atomic E-state index is 12.8. The predicted molar refractivity (Wildman–Crippen MR) is 116 cm³/mol. The second-order valence-electron chi connectivity index (χ2n) is 7.40. The van der Waals surface area contributed by atoms with Crippen LogP contribution in [0.1, 0.15) is 23.2 Å².